The number of aromatic nitrogens is 3. The summed E-state index contributed by atoms with van der Waals surface area (Å²) in [6.45, 7) is 2.68. The Bertz CT molecular complexity index is 1450. The second-order valence-electron chi connectivity index (χ2n) is 8.76. The molecule has 7 nitrogen and oxygen atoms in total. The SMILES string of the molecule is CC(Nc1c(Cl)cnc2cc(F)c(-c3cnc(N4CCC(C(=O)O)C4)nc3)cc12)c1ccccc1F. The number of carboxylic acid groups (broad SMARTS) is 1. The van der Waals surface area contributed by atoms with Crippen LogP contribution in [0.2, 0.25) is 5.02 Å². The van der Waals surface area contributed by atoms with Crippen LogP contribution in [0.5, 0.6) is 0 Å². The van der Waals surface area contributed by atoms with E-state index in [1.807, 2.05) is 6.92 Å². The Morgan fingerprint density at radius 3 is 2.58 bits per heavy atom. The number of fused-ring (bicyclic) bond motifs is 1. The number of carbonyl (C=O) groups is 1. The van der Waals surface area contributed by atoms with Crippen LogP contribution in [-0.2, 0) is 4.79 Å². The van der Waals surface area contributed by atoms with Gasteiger partial charge in [0.25, 0.3) is 0 Å². The highest BCUT2D eigenvalue weighted by molar-refractivity contribution is 6.34. The number of nitrogens with one attached hydrogen (secondary N) is 1. The van der Waals surface area contributed by atoms with Gasteiger partial charge in [0, 0.05) is 59.8 Å². The van der Waals surface area contributed by atoms with Gasteiger partial charge in [-0.25, -0.2) is 18.7 Å². The van der Waals surface area contributed by atoms with E-state index in [1.165, 1.54) is 30.7 Å². The zero-order valence-electron chi connectivity index (χ0n) is 19.3. The van der Waals surface area contributed by atoms with E-state index in [2.05, 4.69) is 20.3 Å². The highest BCUT2D eigenvalue weighted by Crippen LogP contribution is 2.36. The second-order valence-corrected chi connectivity index (χ2v) is 9.17. The Hall–Kier alpha value is -3.85. The molecule has 1 fully saturated rings. The van der Waals surface area contributed by atoms with E-state index in [1.54, 1.807) is 29.2 Å². The molecule has 5 rings (SSSR count). The smallest absolute Gasteiger partial charge is 0.308 e. The van der Waals surface area contributed by atoms with Crippen molar-refractivity contribution in [3.63, 3.8) is 0 Å². The molecule has 0 radical (unpaired) electrons. The molecular formula is C26H22ClF2N5O2. The van der Waals surface area contributed by atoms with Crippen molar-refractivity contribution in [3.05, 3.63) is 77.2 Å². The van der Waals surface area contributed by atoms with Crippen LogP contribution in [0.4, 0.5) is 20.4 Å². The molecule has 0 aliphatic carbocycles. The summed E-state index contributed by atoms with van der Waals surface area (Å²) in [6.07, 6.45) is 4.97. The fraction of sp³-hybridized carbons (Fsp3) is 0.231. The zero-order chi connectivity index (χ0) is 25.4. The Labute approximate surface area is 210 Å². The lowest BCUT2D eigenvalue weighted by Crippen LogP contribution is -2.24. The summed E-state index contributed by atoms with van der Waals surface area (Å²) in [5, 5.41) is 13.3. The molecule has 0 saturated carbocycles. The molecular weight excluding hydrogens is 488 g/mol. The molecule has 36 heavy (non-hydrogen) atoms. The van der Waals surface area contributed by atoms with Crippen LogP contribution in [0, 0.1) is 17.6 Å². The van der Waals surface area contributed by atoms with E-state index in [-0.39, 0.29) is 11.4 Å². The Kier molecular flexibility index (Phi) is 6.40. The predicted octanol–water partition coefficient (Wildman–Crippen LogP) is 5.71. The summed E-state index contributed by atoms with van der Waals surface area (Å²) in [5.41, 5.74) is 2.06. The molecule has 0 bridgehead atoms. The molecule has 0 spiro atoms. The van der Waals surface area contributed by atoms with Gasteiger partial charge in [0.05, 0.1) is 28.2 Å². The number of carboxylic acids is 1. The highest BCUT2D eigenvalue weighted by Gasteiger charge is 2.29. The standard InChI is InChI=1S/C26H22ClF2N5O2/c1-14(17-4-2-3-5-21(17)28)33-24-19-8-18(22(29)9-23(19)30-12-20(24)27)16-10-31-26(32-11-16)34-7-6-15(13-34)25(35)36/h2-5,8-12,14-15H,6-7,13H2,1H3,(H,30,33)(H,35,36). The van der Waals surface area contributed by atoms with E-state index < -0.39 is 23.7 Å². The Morgan fingerprint density at radius 2 is 1.89 bits per heavy atom. The molecule has 1 saturated heterocycles. The number of anilines is 2. The maximum atomic E-state index is 15.1. The van der Waals surface area contributed by atoms with Crippen molar-refractivity contribution in [3.8, 4) is 11.1 Å². The summed E-state index contributed by atoms with van der Waals surface area (Å²) < 4.78 is 29.4. The molecule has 2 unspecified atom stereocenters. The quantitative estimate of drug-likeness (QED) is 0.344. The fourth-order valence-corrected chi connectivity index (χ4v) is 4.65. The van der Waals surface area contributed by atoms with Crippen LogP contribution >= 0.6 is 11.6 Å². The molecule has 2 atom stereocenters. The van der Waals surface area contributed by atoms with E-state index in [4.69, 9.17) is 11.6 Å². The molecule has 4 aromatic rings. The first-order chi connectivity index (χ1) is 17.3. The van der Waals surface area contributed by atoms with Crippen LogP contribution in [0.15, 0.2) is 55.0 Å². The van der Waals surface area contributed by atoms with Crippen molar-refractivity contribution in [1.82, 2.24) is 15.0 Å². The third-order valence-corrected chi connectivity index (χ3v) is 6.70. The van der Waals surface area contributed by atoms with E-state index >= 15 is 4.39 Å². The fourth-order valence-electron chi connectivity index (χ4n) is 4.44. The minimum atomic E-state index is -0.839. The van der Waals surface area contributed by atoms with Crippen molar-refractivity contribution >= 4 is 40.1 Å². The van der Waals surface area contributed by atoms with Gasteiger partial charge in [-0.1, -0.05) is 29.8 Å². The van der Waals surface area contributed by atoms with Crippen molar-refractivity contribution in [2.24, 2.45) is 5.92 Å². The van der Waals surface area contributed by atoms with Crippen LogP contribution in [-0.4, -0.2) is 39.1 Å². The van der Waals surface area contributed by atoms with E-state index in [0.29, 0.717) is 58.2 Å². The third-order valence-electron chi connectivity index (χ3n) is 6.41. The van der Waals surface area contributed by atoms with Gasteiger partial charge in [-0.15, -0.1) is 0 Å². The minimum absolute atomic E-state index is 0.254. The third kappa shape index (κ3) is 4.54. The van der Waals surface area contributed by atoms with Crippen molar-refractivity contribution in [1.29, 1.82) is 0 Å². The van der Waals surface area contributed by atoms with Gasteiger partial charge in [-0.3, -0.25) is 9.78 Å². The molecule has 2 N–H and O–H groups in total. The number of halogens is 3. The molecule has 1 aliphatic rings. The Morgan fingerprint density at radius 1 is 1.14 bits per heavy atom. The molecule has 0 amide bonds. The van der Waals surface area contributed by atoms with Crippen molar-refractivity contribution in [2.75, 3.05) is 23.3 Å². The number of hydrogen-bond donors (Lipinski definition) is 2. The molecule has 10 heteroatoms. The average Bonchev–Trinajstić information content (AvgIpc) is 3.37. The predicted molar refractivity (Wildman–Crippen MR) is 134 cm³/mol. The molecule has 2 aromatic carbocycles. The summed E-state index contributed by atoms with van der Waals surface area (Å²) >= 11 is 6.46. The van der Waals surface area contributed by atoms with Crippen LogP contribution in [0.1, 0.15) is 24.9 Å². The van der Waals surface area contributed by atoms with Crippen LogP contribution in [0.25, 0.3) is 22.0 Å². The Balaban J connectivity index is 1.48. The molecule has 184 valence electrons. The van der Waals surface area contributed by atoms with Crippen LogP contribution in [0.3, 0.4) is 0 Å². The van der Waals surface area contributed by atoms with E-state index in [9.17, 15) is 14.3 Å². The number of nitrogens with zero attached hydrogens (tertiary/aromatic N) is 4. The summed E-state index contributed by atoms with van der Waals surface area (Å²) in [7, 11) is 0. The van der Waals surface area contributed by atoms with E-state index in [0.717, 1.165) is 0 Å². The normalized spacial score (nSPS) is 16.3. The monoisotopic (exact) mass is 509 g/mol. The van der Waals surface area contributed by atoms with Gasteiger partial charge in [0.2, 0.25) is 5.95 Å². The first-order valence-corrected chi connectivity index (χ1v) is 11.8. The lowest BCUT2D eigenvalue weighted by atomic mass is 10.0. The van der Waals surface area contributed by atoms with Gasteiger partial charge in [-0.2, -0.15) is 0 Å². The summed E-state index contributed by atoms with van der Waals surface area (Å²) in [5.74, 6) is -1.75. The summed E-state index contributed by atoms with van der Waals surface area (Å²) in [4.78, 5) is 26.0. The summed E-state index contributed by atoms with van der Waals surface area (Å²) in [6, 6.07) is 8.97. The van der Waals surface area contributed by atoms with Gasteiger partial charge in [-0.05, 0) is 25.5 Å². The number of benzene rings is 2. The van der Waals surface area contributed by atoms with Gasteiger partial charge in [0.1, 0.15) is 11.6 Å². The van der Waals surface area contributed by atoms with Crippen LogP contribution < -0.4 is 10.2 Å². The number of hydrogen-bond acceptors (Lipinski definition) is 6. The van der Waals surface area contributed by atoms with Crippen molar-refractivity contribution < 1.29 is 18.7 Å². The number of aliphatic carboxylic acids is 1. The molecule has 1 aliphatic heterocycles. The first kappa shape index (κ1) is 23.9. The zero-order valence-corrected chi connectivity index (χ0v) is 20.0. The molecule has 2 aromatic heterocycles. The van der Waals surface area contributed by atoms with Gasteiger partial charge >= 0.3 is 5.97 Å². The maximum absolute atomic E-state index is 15.1. The lowest BCUT2D eigenvalue weighted by Gasteiger charge is -2.19. The highest BCUT2D eigenvalue weighted by atomic mass is 35.5. The minimum Gasteiger partial charge on any atom is -0.481 e. The van der Waals surface area contributed by atoms with Crippen molar-refractivity contribution in [2.45, 2.75) is 19.4 Å². The average molecular weight is 510 g/mol. The topological polar surface area (TPSA) is 91.2 Å². The maximum Gasteiger partial charge on any atom is 0.308 e. The lowest BCUT2D eigenvalue weighted by molar-refractivity contribution is -0.140. The first-order valence-electron chi connectivity index (χ1n) is 11.4. The van der Waals surface area contributed by atoms with Gasteiger partial charge < -0.3 is 15.3 Å². The molecule has 3 heterocycles. The number of pyridine rings is 1. The van der Waals surface area contributed by atoms with Gasteiger partial charge in [0.15, 0.2) is 0 Å². The second kappa shape index (κ2) is 9.66. The number of rotatable bonds is 6. The largest absolute Gasteiger partial charge is 0.481 e.